The van der Waals surface area contributed by atoms with Crippen molar-refractivity contribution < 1.29 is 28.9 Å². The second-order valence-corrected chi connectivity index (χ2v) is 8.04. The third kappa shape index (κ3) is 3.70. The summed E-state index contributed by atoms with van der Waals surface area (Å²) in [4.78, 5) is 25.7. The van der Waals surface area contributed by atoms with Crippen molar-refractivity contribution in [1.29, 1.82) is 0 Å². The van der Waals surface area contributed by atoms with Crippen LogP contribution in [0.1, 0.15) is 32.5 Å². The van der Waals surface area contributed by atoms with Crippen LogP contribution in [0.4, 0.5) is 5.69 Å². The van der Waals surface area contributed by atoms with Crippen LogP contribution in [-0.4, -0.2) is 38.3 Å². The third-order valence-corrected chi connectivity index (χ3v) is 6.58. The molecule has 2 aromatic carbocycles. The number of ether oxygens (including phenoxy) is 3. The fourth-order valence-electron chi connectivity index (χ4n) is 3.83. The molecule has 1 aliphatic heterocycles. The number of carbonyl (C=O) groups excluding carboxylic acids is 1. The fraction of sp³-hybridized carbons (Fsp3) is 0.217. The summed E-state index contributed by atoms with van der Waals surface area (Å²) in [5.74, 6) is 0.316. The first-order valence-corrected chi connectivity index (χ1v) is 10.3. The Balaban J connectivity index is 1.93. The van der Waals surface area contributed by atoms with E-state index in [1.807, 2.05) is 6.07 Å². The number of carbonyl (C=O) groups is 2. The van der Waals surface area contributed by atoms with E-state index in [0.717, 1.165) is 10.4 Å². The summed E-state index contributed by atoms with van der Waals surface area (Å²) in [6.07, 6.45) is 0.179. The summed E-state index contributed by atoms with van der Waals surface area (Å²) >= 11 is 1.17. The summed E-state index contributed by atoms with van der Waals surface area (Å²) in [5, 5.41) is 12.8. The minimum absolute atomic E-state index is 0.171. The molecule has 4 rings (SSSR count). The number of aromatic carboxylic acids is 1. The van der Waals surface area contributed by atoms with Crippen LogP contribution in [0.25, 0.3) is 11.1 Å². The first-order chi connectivity index (χ1) is 15.0. The molecule has 1 aliphatic rings. The lowest BCUT2D eigenvalue weighted by Crippen LogP contribution is -2.22. The molecule has 0 aliphatic carbocycles. The van der Waals surface area contributed by atoms with Gasteiger partial charge in [0, 0.05) is 28.3 Å². The van der Waals surface area contributed by atoms with Gasteiger partial charge >= 0.3 is 5.97 Å². The Labute approximate surface area is 183 Å². The van der Waals surface area contributed by atoms with Crippen molar-refractivity contribution in [3.05, 3.63) is 57.8 Å². The van der Waals surface area contributed by atoms with Crippen LogP contribution in [0.5, 0.6) is 17.2 Å². The van der Waals surface area contributed by atoms with Gasteiger partial charge in [0.05, 0.1) is 27.0 Å². The predicted molar refractivity (Wildman–Crippen MR) is 118 cm³/mol. The van der Waals surface area contributed by atoms with Crippen LogP contribution >= 0.6 is 11.3 Å². The number of rotatable bonds is 6. The van der Waals surface area contributed by atoms with Crippen LogP contribution in [-0.2, 0) is 4.79 Å². The Morgan fingerprint density at radius 1 is 1.03 bits per heavy atom. The summed E-state index contributed by atoms with van der Waals surface area (Å²) in [7, 11) is 4.70. The molecule has 160 valence electrons. The molecule has 0 radical (unpaired) electrons. The number of anilines is 1. The van der Waals surface area contributed by atoms with Gasteiger partial charge in [-0.15, -0.1) is 11.3 Å². The van der Waals surface area contributed by atoms with E-state index in [0.29, 0.717) is 34.1 Å². The molecule has 0 fully saturated rings. The van der Waals surface area contributed by atoms with Gasteiger partial charge in [-0.25, -0.2) is 4.79 Å². The van der Waals surface area contributed by atoms with Gasteiger partial charge in [0.25, 0.3) is 0 Å². The highest BCUT2D eigenvalue weighted by atomic mass is 32.1. The molecule has 0 spiro atoms. The fourth-order valence-corrected chi connectivity index (χ4v) is 5.07. The number of hydrogen-bond donors (Lipinski definition) is 2. The molecule has 2 heterocycles. The second kappa shape index (κ2) is 8.31. The van der Waals surface area contributed by atoms with Crippen molar-refractivity contribution in [3.63, 3.8) is 0 Å². The van der Waals surface area contributed by atoms with E-state index in [2.05, 4.69) is 5.32 Å². The van der Waals surface area contributed by atoms with Crippen molar-refractivity contribution in [1.82, 2.24) is 0 Å². The van der Waals surface area contributed by atoms with Crippen LogP contribution in [0, 0.1) is 0 Å². The van der Waals surface area contributed by atoms with Gasteiger partial charge in [0.2, 0.25) is 5.91 Å². The van der Waals surface area contributed by atoms with Gasteiger partial charge in [0.15, 0.2) is 0 Å². The average Bonchev–Trinajstić information content (AvgIpc) is 3.17. The number of carboxylic acid groups (broad SMARTS) is 1. The summed E-state index contributed by atoms with van der Waals surface area (Å²) in [6.45, 7) is 0. The van der Waals surface area contributed by atoms with Gasteiger partial charge in [0.1, 0.15) is 22.1 Å². The van der Waals surface area contributed by atoms with Gasteiger partial charge in [-0.05, 0) is 35.9 Å². The molecular formula is C23H21NO6S. The Kier molecular flexibility index (Phi) is 5.56. The number of nitrogens with one attached hydrogen (secondary N) is 1. The largest absolute Gasteiger partial charge is 0.497 e. The van der Waals surface area contributed by atoms with E-state index >= 15 is 0 Å². The van der Waals surface area contributed by atoms with E-state index in [9.17, 15) is 14.7 Å². The summed E-state index contributed by atoms with van der Waals surface area (Å²) in [6, 6.07) is 12.5. The maximum atomic E-state index is 12.7. The zero-order valence-electron chi connectivity index (χ0n) is 17.2. The number of methoxy groups -OCH3 is 3. The molecular weight excluding hydrogens is 418 g/mol. The zero-order chi connectivity index (χ0) is 22.1. The topological polar surface area (TPSA) is 94.1 Å². The summed E-state index contributed by atoms with van der Waals surface area (Å²) in [5.41, 5.74) is 2.49. The standard InChI is InChI=1S/C23H21NO6S/c1-28-13-6-4-12(5-7-13)19-20-21(31-22(19)23(26)27)16(11-18(25)24-20)15-10-14(29-2)8-9-17(15)30-3/h4-10,16H,11H2,1-3H3,(H,24,25)(H,26,27)/t16-/m1/s1. The van der Waals surface area contributed by atoms with Crippen molar-refractivity contribution >= 4 is 28.9 Å². The number of fused-ring (bicyclic) bond motifs is 1. The maximum absolute atomic E-state index is 12.7. The van der Waals surface area contributed by atoms with Crippen LogP contribution in [0.15, 0.2) is 42.5 Å². The molecule has 7 nitrogen and oxygen atoms in total. The van der Waals surface area contributed by atoms with Gasteiger partial charge in [-0.1, -0.05) is 12.1 Å². The molecule has 2 N–H and O–H groups in total. The Bertz CT molecular complexity index is 1150. The highest BCUT2D eigenvalue weighted by molar-refractivity contribution is 7.15. The van der Waals surface area contributed by atoms with Gasteiger partial charge in [-0.3, -0.25) is 4.79 Å². The highest BCUT2D eigenvalue weighted by Gasteiger charge is 2.35. The number of benzene rings is 2. The average molecular weight is 439 g/mol. The minimum Gasteiger partial charge on any atom is -0.497 e. The first kappa shape index (κ1) is 20.7. The van der Waals surface area contributed by atoms with E-state index in [1.54, 1.807) is 57.7 Å². The molecule has 0 unspecified atom stereocenters. The van der Waals surface area contributed by atoms with Crippen LogP contribution in [0.3, 0.4) is 0 Å². The normalized spacial score (nSPS) is 15.1. The molecule has 31 heavy (non-hydrogen) atoms. The van der Waals surface area contributed by atoms with Gasteiger partial charge < -0.3 is 24.6 Å². The van der Waals surface area contributed by atoms with E-state index in [1.165, 1.54) is 11.3 Å². The molecule has 0 saturated heterocycles. The van der Waals surface area contributed by atoms with Gasteiger partial charge in [-0.2, -0.15) is 0 Å². The lowest BCUT2D eigenvalue weighted by molar-refractivity contribution is -0.116. The monoisotopic (exact) mass is 439 g/mol. The predicted octanol–water partition coefficient (Wildman–Crippen LogP) is 4.61. The number of amides is 1. The maximum Gasteiger partial charge on any atom is 0.346 e. The van der Waals surface area contributed by atoms with Crippen molar-refractivity contribution in [2.45, 2.75) is 12.3 Å². The second-order valence-electron chi connectivity index (χ2n) is 6.99. The molecule has 3 aromatic rings. The van der Waals surface area contributed by atoms with Crippen molar-refractivity contribution in [2.24, 2.45) is 0 Å². The molecule has 1 atom stereocenters. The number of carboxylic acids is 1. The lowest BCUT2D eigenvalue weighted by Gasteiger charge is -2.25. The summed E-state index contributed by atoms with van der Waals surface area (Å²) < 4.78 is 16.1. The Morgan fingerprint density at radius 3 is 2.32 bits per heavy atom. The Hall–Kier alpha value is -3.52. The first-order valence-electron chi connectivity index (χ1n) is 9.53. The zero-order valence-corrected chi connectivity index (χ0v) is 18.0. The minimum atomic E-state index is -1.05. The molecule has 8 heteroatoms. The quantitative estimate of drug-likeness (QED) is 0.582. The number of thiophene rings is 1. The lowest BCUT2D eigenvalue weighted by atomic mass is 9.88. The smallest absolute Gasteiger partial charge is 0.346 e. The van der Waals surface area contributed by atoms with Crippen molar-refractivity contribution in [3.8, 4) is 28.4 Å². The highest BCUT2D eigenvalue weighted by Crippen LogP contribution is 2.51. The van der Waals surface area contributed by atoms with Crippen LogP contribution in [0.2, 0.25) is 0 Å². The van der Waals surface area contributed by atoms with Crippen molar-refractivity contribution in [2.75, 3.05) is 26.6 Å². The van der Waals surface area contributed by atoms with E-state index < -0.39 is 5.97 Å². The third-order valence-electron chi connectivity index (χ3n) is 5.29. The van der Waals surface area contributed by atoms with E-state index in [4.69, 9.17) is 14.2 Å². The SMILES string of the molecule is COc1ccc(-c2c(C(=O)O)sc3c2NC(=O)C[C@@H]3c2cc(OC)ccc2OC)cc1. The molecule has 0 saturated carbocycles. The molecule has 1 aromatic heterocycles. The Morgan fingerprint density at radius 2 is 1.71 bits per heavy atom. The number of hydrogen-bond acceptors (Lipinski definition) is 6. The molecule has 0 bridgehead atoms. The molecule has 1 amide bonds. The van der Waals surface area contributed by atoms with E-state index in [-0.39, 0.29) is 23.1 Å². The van der Waals surface area contributed by atoms with Crippen LogP contribution < -0.4 is 19.5 Å².